The van der Waals surface area contributed by atoms with Crippen molar-refractivity contribution in [3.05, 3.63) is 34.2 Å². The van der Waals surface area contributed by atoms with Gasteiger partial charge in [0.1, 0.15) is 0 Å². The highest BCUT2D eigenvalue weighted by atomic mass is 16.3. The highest BCUT2D eigenvalue weighted by Gasteiger charge is 2.21. The minimum absolute atomic E-state index is 0.129. The van der Waals surface area contributed by atoms with Crippen molar-refractivity contribution in [2.45, 2.75) is 26.0 Å². The fourth-order valence-electron chi connectivity index (χ4n) is 1.24. The number of aliphatic hydroxyl groups is 1. The first-order valence-electron chi connectivity index (χ1n) is 4.65. The van der Waals surface area contributed by atoms with E-state index in [2.05, 4.69) is 4.98 Å². The maximum absolute atomic E-state index is 11.3. The largest absolute Gasteiger partial charge is 0.387 e. The Morgan fingerprint density at radius 3 is 2.64 bits per heavy atom. The lowest BCUT2D eigenvalue weighted by Gasteiger charge is -2.21. The molecule has 0 aliphatic rings. The van der Waals surface area contributed by atoms with Gasteiger partial charge in [-0.05, 0) is 18.1 Å². The fraction of sp³-hybridized carbons (Fsp3) is 0.500. The second kappa shape index (κ2) is 4.39. The van der Waals surface area contributed by atoms with Crippen LogP contribution in [0.1, 0.15) is 25.5 Å². The van der Waals surface area contributed by atoms with Crippen LogP contribution in [-0.4, -0.2) is 16.1 Å². The molecule has 14 heavy (non-hydrogen) atoms. The maximum Gasteiger partial charge on any atom is 0.253 e. The Morgan fingerprint density at radius 2 is 2.14 bits per heavy atom. The smallest absolute Gasteiger partial charge is 0.253 e. The summed E-state index contributed by atoms with van der Waals surface area (Å²) < 4.78 is 0. The van der Waals surface area contributed by atoms with E-state index in [-0.39, 0.29) is 11.5 Å². The lowest BCUT2D eigenvalue weighted by atomic mass is 9.95. The predicted octanol–water partition coefficient (Wildman–Crippen LogP) is 0.392. The highest BCUT2D eigenvalue weighted by molar-refractivity contribution is 5.14. The molecule has 0 aliphatic heterocycles. The molecule has 78 valence electrons. The third kappa shape index (κ3) is 2.21. The molecule has 4 heteroatoms. The van der Waals surface area contributed by atoms with Gasteiger partial charge in [0.25, 0.3) is 5.56 Å². The minimum atomic E-state index is -0.903. The van der Waals surface area contributed by atoms with Gasteiger partial charge in [0.15, 0.2) is 0 Å². The van der Waals surface area contributed by atoms with Crippen LogP contribution in [0.4, 0.5) is 0 Å². The van der Waals surface area contributed by atoms with Crippen LogP contribution in [0.15, 0.2) is 23.1 Å². The van der Waals surface area contributed by atoms with Crippen LogP contribution < -0.4 is 11.3 Å². The van der Waals surface area contributed by atoms with E-state index in [9.17, 15) is 9.90 Å². The summed E-state index contributed by atoms with van der Waals surface area (Å²) in [5, 5.41) is 9.80. The van der Waals surface area contributed by atoms with Crippen molar-refractivity contribution < 1.29 is 5.11 Å². The molecule has 0 amide bonds. The van der Waals surface area contributed by atoms with Crippen LogP contribution in [0.2, 0.25) is 0 Å². The molecule has 2 atom stereocenters. The average Bonchev–Trinajstić information content (AvgIpc) is 2.16. The Bertz CT molecular complexity index is 346. The van der Waals surface area contributed by atoms with Crippen LogP contribution >= 0.6 is 0 Å². The van der Waals surface area contributed by atoms with Gasteiger partial charge in [-0.3, -0.25) is 4.79 Å². The van der Waals surface area contributed by atoms with E-state index in [0.29, 0.717) is 5.56 Å². The quantitative estimate of drug-likeness (QED) is 0.654. The summed E-state index contributed by atoms with van der Waals surface area (Å²) in [7, 11) is 0. The van der Waals surface area contributed by atoms with Gasteiger partial charge >= 0.3 is 0 Å². The minimum Gasteiger partial charge on any atom is -0.387 e. The van der Waals surface area contributed by atoms with E-state index in [1.165, 1.54) is 6.20 Å². The van der Waals surface area contributed by atoms with Crippen molar-refractivity contribution in [2.24, 2.45) is 11.7 Å². The Morgan fingerprint density at radius 1 is 1.50 bits per heavy atom. The van der Waals surface area contributed by atoms with Crippen molar-refractivity contribution in [2.75, 3.05) is 0 Å². The highest BCUT2D eigenvalue weighted by Crippen LogP contribution is 2.16. The van der Waals surface area contributed by atoms with Crippen LogP contribution in [0.5, 0.6) is 0 Å². The van der Waals surface area contributed by atoms with Crippen LogP contribution in [0.3, 0.4) is 0 Å². The molecule has 4 nitrogen and oxygen atoms in total. The lowest BCUT2D eigenvalue weighted by molar-refractivity contribution is 0.124. The third-order valence-electron chi connectivity index (χ3n) is 2.30. The van der Waals surface area contributed by atoms with Gasteiger partial charge in [-0.1, -0.05) is 13.8 Å². The molecule has 0 saturated carbocycles. The zero-order chi connectivity index (χ0) is 10.7. The van der Waals surface area contributed by atoms with E-state index in [1.54, 1.807) is 12.1 Å². The number of hydrogen-bond donors (Lipinski definition) is 3. The lowest BCUT2D eigenvalue weighted by Crippen LogP contribution is -2.36. The zero-order valence-electron chi connectivity index (χ0n) is 8.40. The van der Waals surface area contributed by atoms with Crippen LogP contribution in [-0.2, 0) is 0 Å². The summed E-state index contributed by atoms with van der Waals surface area (Å²) in [5.41, 5.74) is 5.80. The molecular formula is C10H16N2O2. The molecular weight excluding hydrogens is 180 g/mol. The van der Waals surface area contributed by atoms with Crippen molar-refractivity contribution in [3.8, 4) is 0 Å². The normalized spacial score (nSPS) is 15.5. The van der Waals surface area contributed by atoms with Gasteiger partial charge in [0.2, 0.25) is 0 Å². The number of nitrogens with two attached hydrogens (primary N) is 1. The van der Waals surface area contributed by atoms with Gasteiger partial charge in [-0.25, -0.2) is 0 Å². The summed E-state index contributed by atoms with van der Waals surface area (Å²) in [5.74, 6) is 0.129. The van der Waals surface area contributed by atoms with Gasteiger partial charge in [0, 0.05) is 17.8 Å². The molecule has 1 aromatic heterocycles. The van der Waals surface area contributed by atoms with E-state index in [1.807, 2.05) is 13.8 Å². The predicted molar refractivity (Wildman–Crippen MR) is 54.8 cm³/mol. The molecule has 0 radical (unpaired) electrons. The molecule has 0 fully saturated rings. The number of aliphatic hydroxyl groups excluding tert-OH is 1. The number of pyridine rings is 1. The zero-order valence-corrected chi connectivity index (χ0v) is 8.40. The van der Waals surface area contributed by atoms with Gasteiger partial charge in [-0.15, -0.1) is 0 Å². The summed E-state index contributed by atoms with van der Waals surface area (Å²) in [6.45, 7) is 3.82. The van der Waals surface area contributed by atoms with E-state index in [0.717, 1.165) is 0 Å². The van der Waals surface area contributed by atoms with Crippen molar-refractivity contribution in [1.82, 2.24) is 4.98 Å². The number of aromatic nitrogens is 1. The van der Waals surface area contributed by atoms with Crippen molar-refractivity contribution >= 4 is 0 Å². The standard InChI is InChI=1S/C10H16N2O2/c1-6(2)8(11)9(13)7-4-3-5-12-10(7)14/h3-6,8-9,13H,11H2,1-2H3,(H,12,14)/t8-,9-/m1/s1. The summed E-state index contributed by atoms with van der Waals surface area (Å²) >= 11 is 0. The first-order chi connectivity index (χ1) is 6.54. The number of aromatic amines is 1. The molecule has 1 heterocycles. The second-order valence-corrected chi connectivity index (χ2v) is 3.72. The first-order valence-corrected chi connectivity index (χ1v) is 4.65. The molecule has 1 aromatic rings. The van der Waals surface area contributed by atoms with E-state index < -0.39 is 12.1 Å². The summed E-state index contributed by atoms with van der Waals surface area (Å²) in [6.07, 6.45) is 0.624. The molecule has 4 N–H and O–H groups in total. The summed E-state index contributed by atoms with van der Waals surface area (Å²) in [6, 6.07) is 2.84. The number of hydrogen-bond acceptors (Lipinski definition) is 3. The molecule has 0 saturated heterocycles. The number of H-pyrrole nitrogens is 1. The first kappa shape index (κ1) is 10.9. The van der Waals surface area contributed by atoms with Crippen LogP contribution in [0, 0.1) is 5.92 Å². The number of rotatable bonds is 3. The maximum atomic E-state index is 11.3. The van der Waals surface area contributed by atoms with Crippen molar-refractivity contribution in [1.29, 1.82) is 0 Å². The Labute approximate surface area is 82.8 Å². The van der Waals surface area contributed by atoms with E-state index in [4.69, 9.17) is 5.73 Å². The van der Waals surface area contributed by atoms with Gasteiger partial charge in [-0.2, -0.15) is 0 Å². The SMILES string of the molecule is CC(C)[C@@H](N)[C@H](O)c1ccc[nH]c1=O. The van der Waals surface area contributed by atoms with Gasteiger partial charge in [0.05, 0.1) is 6.10 Å². The van der Waals surface area contributed by atoms with Crippen LogP contribution in [0.25, 0.3) is 0 Å². The fourth-order valence-corrected chi connectivity index (χ4v) is 1.24. The summed E-state index contributed by atoms with van der Waals surface area (Å²) in [4.78, 5) is 13.8. The van der Waals surface area contributed by atoms with E-state index >= 15 is 0 Å². The Balaban J connectivity index is 2.95. The molecule has 0 aliphatic carbocycles. The molecule has 0 bridgehead atoms. The monoisotopic (exact) mass is 196 g/mol. The number of nitrogens with one attached hydrogen (secondary N) is 1. The van der Waals surface area contributed by atoms with Crippen molar-refractivity contribution in [3.63, 3.8) is 0 Å². The second-order valence-electron chi connectivity index (χ2n) is 3.72. The average molecular weight is 196 g/mol. The Hall–Kier alpha value is -1.13. The molecule has 0 unspecified atom stereocenters. The molecule has 0 spiro atoms. The molecule has 0 aromatic carbocycles. The Kier molecular flexibility index (Phi) is 3.43. The molecule has 1 rings (SSSR count). The topological polar surface area (TPSA) is 79.1 Å². The third-order valence-corrected chi connectivity index (χ3v) is 2.30. The van der Waals surface area contributed by atoms with Gasteiger partial charge < -0.3 is 15.8 Å².